The van der Waals surface area contributed by atoms with Crippen LogP contribution in [0.3, 0.4) is 0 Å². The highest BCUT2D eigenvalue weighted by atomic mass is 19.1. The summed E-state index contributed by atoms with van der Waals surface area (Å²) in [5.74, 6) is -1.41. The summed E-state index contributed by atoms with van der Waals surface area (Å²) >= 11 is 0. The van der Waals surface area contributed by atoms with Crippen molar-refractivity contribution in [2.24, 2.45) is 0 Å². The number of nitrogens with two attached hydrogens (primary N) is 1. The van der Waals surface area contributed by atoms with Crippen molar-refractivity contribution in [1.29, 1.82) is 0 Å². The highest BCUT2D eigenvalue weighted by molar-refractivity contribution is 5.90. The van der Waals surface area contributed by atoms with Crippen molar-refractivity contribution < 1.29 is 18.3 Å². The summed E-state index contributed by atoms with van der Waals surface area (Å²) in [5.41, 5.74) is 5.41. The first-order chi connectivity index (χ1) is 6.63. The summed E-state index contributed by atoms with van der Waals surface area (Å²) in [6.07, 6.45) is 0. The van der Waals surface area contributed by atoms with Crippen LogP contribution >= 0.6 is 0 Å². The van der Waals surface area contributed by atoms with Gasteiger partial charge in [-0.15, -0.1) is 0 Å². The molecule has 0 amide bonds. The Kier molecular flexibility index (Phi) is 3.39. The molecule has 0 aromatic heterocycles. The standard InChI is InChI=1S/C9H9F2NO2/c10-1-2-14-9(13)6-3-7(11)5-8(12)4-6/h3-5H,1-2,12H2. The molecule has 76 valence electrons. The number of esters is 1. The van der Waals surface area contributed by atoms with Crippen molar-refractivity contribution in [3.63, 3.8) is 0 Å². The number of hydrogen-bond donors (Lipinski definition) is 1. The van der Waals surface area contributed by atoms with Gasteiger partial charge in [-0.05, 0) is 18.2 Å². The highest BCUT2D eigenvalue weighted by Gasteiger charge is 2.08. The van der Waals surface area contributed by atoms with E-state index in [4.69, 9.17) is 5.73 Å². The maximum atomic E-state index is 12.7. The number of hydrogen-bond acceptors (Lipinski definition) is 3. The van der Waals surface area contributed by atoms with E-state index < -0.39 is 18.5 Å². The van der Waals surface area contributed by atoms with Crippen molar-refractivity contribution in [3.05, 3.63) is 29.6 Å². The minimum atomic E-state index is -0.783. The first-order valence-corrected chi connectivity index (χ1v) is 3.92. The summed E-state index contributed by atoms with van der Waals surface area (Å²) in [7, 11) is 0. The molecule has 0 fully saturated rings. The monoisotopic (exact) mass is 201 g/mol. The number of rotatable bonds is 3. The fraction of sp³-hybridized carbons (Fsp3) is 0.222. The zero-order valence-corrected chi connectivity index (χ0v) is 7.30. The van der Waals surface area contributed by atoms with E-state index in [-0.39, 0.29) is 17.9 Å². The molecule has 0 atom stereocenters. The predicted molar refractivity (Wildman–Crippen MR) is 47.1 cm³/mol. The van der Waals surface area contributed by atoms with Crippen molar-refractivity contribution in [1.82, 2.24) is 0 Å². The Bertz CT molecular complexity index is 321. The first kappa shape index (κ1) is 10.4. The third kappa shape index (κ3) is 2.69. The maximum absolute atomic E-state index is 12.7. The van der Waals surface area contributed by atoms with Gasteiger partial charge in [-0.2, -0.15) is 0 Å². The molecule has 0 saturated carbocycles. The van der Waals surface area contributed by atoms with Crippen molar-refractivity contribution in [3.8, 4) is 0 Å². The average Bonchev–Trinajstić information content (AvgIpc) is 2.12. The average molecular weight is 201 g/mol. The van der Waals surface area contributed by atoms with Gasteiger partial charge < -0.3 is 10.5 Å². The molecule has 0 aliphatic heterocycles. The van der Waals surface area contributed by atoms with E-state index in [0.29, 0.717) is 0 Å². The predicted octanol–water partition coefficient (Wildman–Crippen LogP) is 1.53. The second kappa shape index (κ2) is 4.55. The Hall–Kier alpha value is -1.65. The van der Waals surface area contributed by atoms with E-state index in [1.165, 1.54) is 6.07 Å². The molecule has 1 rings (SSSR count). The van der Waals surface area contributed by atoms with Gasteiger partial charge in [-0.25, -0.2) is 13.6 Å². The lowest BCUT2D eigenvalue weighted by molar-refractivity contribution is 0.0480. The number of halogens is 2. The molecule has 14 heavy (non-hydrogen) atoms. The maximum Gasteiger partial charge on any atom is 0.338 e. The third-order valence-electron chi connectivity index (χ3n) is 1.47. The molecule has 1 aromatic rings. The largest absolute Gasteiger partial charge is 0.459 e. The zero-order valence-electron chi connectivity index (χ0n) is 7.30. The van der Waals surface area contributed by atoms with Crippen LogP contribution in [-0.4, -0.2) is 19.3 Å². The summed E-state index contributed by atoms with van der Waals surface area (Å²) in [6.45, 7) is -1.11. The van der Waals surface area contributed by atoms with Crippen LogP contribution < -0.4 is 5.73 Å². The Morgan fingerprint density at radius 1 is 1.43 bits per heavy atom. The minimum absolute atomic E-state index is 0.0176. The van der Waals surface area contributed by atoms with Crippen LogP contribution in [0.1, 0.15) is 10.4 Å². The molecular weight excluding hydrogens is 192 g/mol. The van der Waals surface area contributed by atoms with Gasteiger partial charge in [0, 0.05) is 5.69 Å². The van der Waals surface area contributed by atoms with E-state index in [2.05, 4.69) is 4.74 Å². The molecular formula is C9H9F2NO2. The normalized spacial score (nSPS) is 9.86. The molecule has 0 heterocycles. The number of ether oxygens (including phenoxy) is 1. The van der Waals surface area contributed by atoms with Gasteiger partial charge in [0.25, 0.3) is 0 Å². The Morgan fingerprint density at radius 3 is 2.71 bits per heavy atom. The van der Waals surface area contributed by atoms with Crippen LogP contribution in [0.4, 0.5) is 14.5 Å². The van der Waals surface area contributed by atoms with Gasteiger partial charge in [0.1, 0.15) is 19.1 Å². The third-order valence-corrected chi connectivity index (χ3v) is 1.47. The molecule has 1 aromatic carbocycles. The molecule has 0 aliphatic carbocycles. The van der Waals surface area contributed by atoms with Crippen LogP contribution in [0, 0.1) is 5.82 Å². The molecule has 0 spiro atoms. The van der Waals surface area contributed by atoms with E-state index in [9.17, 15) is 13.6 Å². The van der Waals surface area contributed by atoms with Crippen LogP contribution in [-0.2, 0) is 4.74 Å². The smallest absolute Gasteiger partial charge is 0.338 e. The van der Waals surface area contributed by atoms with Crippen LogP contribution in [0.2, 0.25) is 0 Å². The van der Waals surface area contributed by atoms with Crippen molar-refractivity contribution in [2.45, 2.75) is 0 Å². The Morgan fingerprint density at radius 2 is 2.14 bits per heavy atom. The number of carbonyl (C=O) groups is 1. The van der Waals surface area contributed by atoms with Gasteiger partial charge in [0.2, 0.25) is 0 Å². The minimum Gasteiger partial charge on any atom is -0.459 e. The van der Waals surface area contributed by atoms with Gasteiger partial charge in [-0.3, -0.25) is 0 Å². The molecule has 0 unspecified atom stereocenters. The summed E-state index contributed by atoms with van der Waals surface area (Å²) in [5, 5.41) is 0. The summed E-state index contributed by atoms with van der Waals surface area (Å²) in [4.78, 5) is 11.1. The lowest BCUT2D eigenvalue weighted by Crippen LogP contribution is -2.08. The molecule has 2 N–H and O–H groups in total. The number of alkyl halides is 1. The van der Waals surface area contributed by atoms with Crippen molar-refractivity contribution in [2.75, 3.05) is 19.0 Å². The van der Waals surface area contributed by atoms with Crippen LogP contribution in [0.5, 0.6) is 0 Å². The second-order valence-electron chi connectivity index (χ2n) is 2.60. The molecule has 3 nitrogen and oxygen atoms in total. The molecule has 0 radical (unpaired) electrons. The topological polar surface area (TPSA) is 52.3 Å². The lowest BCUT2D eigenvalue weighted by atomic mass is 10.2. The van der Waals surface area contributed by atoms with Crippen molar-refractivity contribution >= 4 is 11.7 Å². The summed E-state index contributed by atoms with van der Waals surface area (Å²) in [6, 6.07) is 3.33. The van der Waals surface area contributed by atoms with E-state index in [0.717, 1.165) is 12.1 Å². The van der Waals surface area contributed by atoms with Crippen LogP contribution in [0.25, 0.3) is 0 Å². The number of anilines is 1. The fourth-order valence-corrected chi connectivity index (χ4v) is 0.945. The number of benzene rings is 1. The van der Waals surface area contributed by atoms with Crippen LogP contribution in [0.15, 0.2) is 18.2 Å². The summed E-state index contributed by atoms with van der Waals surface area (Å²) < 4.78 is 28.9. The fourth-order valence-electron chi connectivity index (χ4n) is 0.945. The zero-order chi connectivity index (χ0) is 10.6. The van der Waals surface area contributed by atoms with Gasteiger partial charge in [0.15, 0.2) is 0 Å². The Balaban J connectivity index is 2.79. The van der Waals surface area contributed by atoms with Gasteiger partial charge in [-0.1, -0.05) is 0 Å². The first-order valence-electron chi connectivity index (χ1n) is 3.92. The van der Waals surface area contributed by atoms with Gasteiger partial charge >= 0.3 is 5.97 Å². The SMILES string of the molecule is Nc1cc(F)cc(C(=O)OCCF)c1. The second-order valence-corrected chi connectivity index (χ2v) is 2.60. The molecule has 0 saturated heterocycles. The Labute approximate surface area is 79.5 Å². The quantitative estimate of drug-likeness (QED) is 0.596. The molecule has 0 bridgehead atoms. The highest BCUT2D eigenvalue weighted by Crippen LogP contribution is 2.11. The molecule has 0 aliphatic rings. The lowest BCUT2D eigenvalue weighted by Gasteiger charge is -2.03. The molecule has 5 heteroatoms. The van der Waals surface area contributed by atoms with E-state index >= 15 is 0 Å². The van der Waals surface area contributed by atoms with E-state index in [1.54, 1.807) is 0 Å². The number of carbonyl (C=O) groups excluding carboxylic acids is 1. The van der Waals surface area contributed by atoms with Gasteiger partial charge in [0.05, 0.1) is 5.56 Å². The van der Waals surface area contributed by atoms with E-state index in [1.807, 2.05) is 0 Å². The number of nitrogen functional groups attached to an aromatic ring is 1.